The van der Waals surface area contributed by atoms with Crippen LogP contribution in [0.5, 0.6) is 5.88 Å². The topological polar surface area (TPSA) is 80.2 Å². The van der Waals surface area contributed by atoms with E-state index in [9.17, 15) is 4.79 Å². The van der Waals surface area contributed by atoms with Crippen molar-refractivity contribution in [2.75, 3.05) is 32.1 Å². The fraction of sp³-hybridized carbons (Fsp3) is 0.524. The van der Waals surface area contributed by atoms with Crippen molar-refractivity contribution in [3.05, 3.63) is 41.6 Å². The van der Waals surface area contributed by atoms with Crippen molar-refractivity contribution in [1.82, 2.24) is 19.9 Å². The highest BCUT2D eigenvalue weighted by molar-refractivity contribution is 6.04. The van der Waals surface area contributed by atoms with E-state index in [-0.39, 0.29) is 5.91 Å². The second kappa shape index (κ2) is 8.22. The Morgan fingerprint density at radius 3 is 2.68 bits per heavy atom. The van der Waals surface area contributed by atoms with Gasteiger partial charge in [-0.2, -0.15) is 0 Å². The maximum atomic E-state index is 12.4. The first-order chi connectivity index (χ1) is 13.6. The summed E-state index contributed by atoms with van der Waals surface area (Å²) in [6.45, 7) is 4.85. The zero-order chi connectivity index (χ0) is 19.5. The first-order valence-electron chi connectivity index (χ1n) is 10.0. The number of ether oxygens (including phenoxy) is 1. The molecule has 2 fully saturated rings. The lowest BCUT2D eigenvalue weighted by Gasteiger charge is -2.12. The number of aromatic nitrogens is 3. The molecule has 1 aliphatic heterocycles. The number of rotatable bonds is 7. The summed E-state index contributed by atoms with van der Waals surface area (Å²) >= 11 is 0. The molecule has 0 radical (unpaired) electrons. The lowest BCUT2D eigenvalue weighted by Crippen LogP contribution is -2.16. The van der Waals surface area contributed by atoms with Crippen LogP contribution in [0.25, 0.3) is 0 Å². The summed E-state index contributed by atoms with van der Waals surface area (Å²) in [6.07, 6.45) is 7.75. The van der Waals surface area contributed by atoms with Gasteiger partial charge < -0.3 is 15.0 Å². The Morgan fingerprint density at radius 2 is 2.04 bits per heavy atom. The van der Waals surface area contributed by atoms with Gasteiger partial charge in [-0.3, -0.25) is 4.79 Å². The first kappa shape index (κ1) is 18.8. The van der Waals surface area contributed by atoms with Crippen LogP contribution < -0.4 is 10.1 Å². The third kappa shape index (κ3) is 4.65. The Balaban J connectivity index is 1.30. The average Bonchev–Trinajstić information content (AvgIpc) is 3.46. The summed E-state index contributed by atoms with van der Waals surface area (Å²) in [7, 11) is 2.16. The van der Waals surface area contributed by atoms with Crippen molar-refractivity contribution >= 4 is 11.6 Å². The molecule has 1 saturated heterocycles. The standard InChI is InChI=1S/C21H27N5O2/c1-14-18(25-21(27)17-11-22-20(23-12-17)16-3-4-16)5-6-19(24-14)28-10-8-15-7-9-26(2)13-15/h5-6,11-12,15-16H,3-4,7-10,13H2,1-2H3,(H,25,27). The maximum Gasteiger partial charge on any atom is 0.258 e. The molecule has 1 aliphatic carbocycles. The number of pyridine rings is 1. The molecule has 1 N–H and O–H groups in total. The Hall–Kier alpha value is -2.54. The summed E-state index contributed by atoms with van der Waals surface area (Å²) in [4.78, 5) is 27.9. The number of carbonyl (C=O) groups is 1. The number of hydrogen-bond acceptors (Lipinski definition) is 6. The minimum Gasteiger partial charge on any atom is -0.478 e. The molecule has 28 heavy (non-hydrogen) atoms. The van der Waals surface area contributed by atoms with Gasteiger partial charge in [-0.05, 0) is 58.2 Å². The Bertz CT molecular complexity index is 835. The van der Waals surface area contributed by atoms with Gasteiger partial charge in [0, 0.05) is 30.9 Å². The fourth-order valence-electron chi connectivity index (χ4n) is 3.54. The Kier molecular flexibility index (Phi) is 5.52. The van der Waals surface area contributed by atoms with Crippen LogP contribution in [0.2, 0.25) is 0 Å². The molecule has 1 amide bonds. The van der Waals surface area contributed by atoms with Crippen molar-refractivity contribution in [3.8, 4) is 5.88 Å². The van der Waals surface area contributed by atoms with E-state index >= 15 is 0 Å². The van der Waals surface area contributed by atoms with Crippen molar-refractivity contribution in [3.63, 3.8) is 0 Å². The number of nitrogens with zero attached hydrogens (tertiary/aromatic N) is 4. The van der Waals surface area contributed by atoms with Crippen LogP contribution >= 0.6 is 0 Å². The quantitative estimate of drug-likeness (QED) is 0.794. The van der Waals surface area contributed by atoms with E-state index in [0.717, 1.165) is 37.3 Å². The number of amides is 1. The van der Waals surface area contributed by atoms with E-state index in [2.05, 4.69) is 32.2 Å². The highest BCUT2D eigenvalue weighted by atomic mass is 16.5. The molecule has 0 bridgehead atoms. The van der Waals surface area contributed by atoms with Gasteiger partial charge in [0.1, 0.15) is 5.82 Å². The fourth-order valence-corrected chi connectivity index (χ4v) is 3.54. The zero-order valence-corrected chi connectivity index (χ0v) is 16.5. The number of hydrogen-bond donors (Lipinski definition) is 1. The maximum absolute atomic E-state index is 12.4. The van der Waals surface area contributed by atoms with E-state index < -0.39 is 0 Å². The van der Waals surface area contributed by atoms with Gasteiger partial charge in [-0.25, -0.2) is 15.0 Å². The summed E-state index contributed by atoms with van der Waals surface area (Å²) in [5.41, 5.74) is 1.84. The van der Waals surface area contributed by atoms with Gasteiger partial charge in [0.05, 0.1) is 23.6 Å². The second-order valence-corrected chi connectivity index (χ2v) is 7.89. The van der Waals surface area contributed by atoms with E-state index in [1.807, 2.05) is 13.0 Å². The number of carbonyl (C=O) groups excluding carboxylic acids is 1. The lowest BCUT2D eigenvalue weighted by atomic mass is 10.1. The lowest BCUT2D eigenvalue weighted by molar-refractivity contribution is 0.102. The molecular weight excluding hydrogens is 354 g/mol. The first-order valence-corrected chi connectivity index (χ1v) is 10.0. The molecule has 1 unspecified atom stereocenters. The van der Waals surface area contributed by atoms with Crippen LogP contribution in [0, 0.1) is 12.8 Å². The second-order valence-electron chi connectivity index (χ2n) is 7.89. The number of aryl methyl sites for hydroxylation is 1. The Morgan fingerprint density at radius 1 is 1.25 bits per heavy atom. The number of anilines is 1. The van der Waals surface area contributed by atoms with Crippen LogP contribution in [0.15, 0.2) is 24.5 Å². The summed E-state index contributed by atoms with van der Waals surface area (Å²) in [5.74, 6) is 2.38. The SMILES string of the molecule is Cc1nc(OCCC2CCN(C)C2)ccc1NC(=O)c1cnc(C2CC2)nc1. The van der Waals surface area contributed by atoms with Crippen LogP contribution in [0.3, 0.4) is 0 Å². The van der Waals surface area contributed by atoms with Crippen molar-refractivity contribution in [2.24, 2.45) is 5.92 Å². The van der Waals surface area contributed by atoms with Crippen LogP contribution in [0.4, 0.5) is 5.69 Å². The molecule has 7 nitrogen and oxygen atoms in total. The third-order valence-corrected chi connectivity index (χ3v) is 5.45. The zero-order valence-electron chi connectivity index (χ0n) is 16.5. The minimum absolute atomic E-state index is 0.230. The van der Waals surface area contributed by atoms with Crippen molar-refractivity contribution in [2.45, 2.75) is 38.5 Å². The van der Waals surface area contributed by atoms with E-state index in [1.165, 1.54) is 13.0 Å². The molecule has 7 heteroatoms. The molecule has 1 saturated carbocycles. The molecule has 148 valence electrons. The molecule has 2 aromatic heterocycles. The summed E-state index contributed by atoms with van der Waals surface area (Å²) in [5, 5.41) is 2.88. The van der Waals surface area contributed by atoms with Crippen LogP contribution in [-0.4, -0.2) is 52.5 Å². The average molecular weight is 381 g/mol. The Labute approximate surface area is 165 Å². The number of likely N-dealkylation sites (tertiary alicyclic amines) is 1. The highest BCUT2D eigenvalue weighted by Gasteiger charge is 2.26. The smallest absolute Gasteiger partial charge is 0.258 e. The summed E-state index contributed by atoms with van der Waals surface area (Å²) < 4.78 is 5.81. The van der Waals surface area contributed by atoms with Crippen molar-refractivity contribution < 1.29 is 9.53 Å². The molecule has 2 aliphatic rings. The predicted molar refractivity (Wildman–Crippen MR) is 107 cm³/mol. The van der Waals surface area contributed by atoms with Crippen LogP contribution in [0.1, 0.15) is 53.5 Å². The normalized spacial score (nSPS) is 19.6. The van der Waals surface area contributed by atoms with Gasteiger partial charge in [0.25, 0.3) is 5.91 Å². The number of nitrogens with one attached hydrogen (secondary N) is 1. The predicted octanol–water partition coefficient (Wildman–Crippen LogP) is 3.03. The molecular formula is C21H27N5O2. The minimum atomic E-state index is -0.230. The van der Waals surface area contributed by atoms with E-state index in [1.54, 1.807) is 18.5 Å². The highest BCUT2D eigenvalue weighted by Crippen LogP contribution is 2.37. The largest absolute Gasteiger partial charge is 0.478 e. The molecule has 4 rings (SSSR count). The van der Waals surface area contributed by atoms with E-state index in [0.29, 0.717) is 35.6 Å². The van der Waals surface area contributed by atoms with Gasteiger partial charge in [0.15, 0.2) is 0 Å². The van der Waals surface area contributed by atoms with Gasteiger partial charge in [-0.15, -0.1) is 0 Å². The van der Waals surface area contributed by atoms with Gasteiger partial charge in [0.2, 0.25) is 5.88 Å². The van der Waals surface area contributed by atoms with Crippen molar-refractivity contribution in [1.29, 1.82) is 0 Å². The van der Waals surface area contributed by atoms with Gasteiger partial charge >= 0.3 is 0 Å². The van der Waals surface area contributed by atoms with Gasteiger partial charge in [-0.1, -0.05) is 0 Å². The molecule has 1 atom stereocenters. The monoisotopic (exact) mass is 381 g/mol. The summed E-state index contributed by atoms with van der Waals surface area (Å²) in [6, 6.07) is 3.63. The van der Waals surface area contributed by atoms with E-state index in [4.69, 9.17) is 4.74 Å². The third-order valence-electron chi connectivity index (χ3n) is 5.45. The molecule has 0 spiro atoms. The van der Waals surface area contributed by atoms with Crippen LogP contribution in [-0.2, 0) is 0 Å². The molecule has 3 heterocycles. The molecule has 2 aromatic rings. The molecule has 0 aromatic carbocycles.